The molecule has 0 heterocycles. The molecule has 9 heteroatoms. The third kappa shape index (κ3) is 6.84. The van der Waals surface area contributed by atoms with E-state index in [-0.39, 0.29) is 22.3 Å². The Morgan fingerprint density at radius 3 is 2.37 bits per heavy atom. The topological polar surface area (TPSA) is 111 Å². The lowest BCUT2D eigenvalue weighted by Gasteiger charge is -2.24. The molecule has 1 amide bonds. The molecular weight excluding hydrogens is 372 g/mol. The van der Waals surface area contributed by atoms with Gasteiger partial charge in [0, 0.05) is 11.6 Å². The highest BCUT2D eigenvalue weighted by Gasteiger charge is 2.24. The number of esters is 1. The number of carbonyl (C=O) groups excluding carboxylic acids is 2. The fourth-order valence-corrected chi connectivity index (χ4v) is 3.55. The average molecular weight is 400 g/mol. The maximum Gasteiger partial charge on any atom is 0.338 e. The second kappa shape index (κ2) is 9.18. The van der Waals surface area contributed by atoms with Crippen molar-refractivity contribution in [2.75, 3.05) is 13.7 Å². The van der Waals surface area contributed by atoms with Crippen LogP contribution in [0.2, 0.25) is 0 Å². The van der Waals surface area contributed by atoms with E-state index in [4.69, 9.17) is 9.47 Å². The Labute approximate surface area is 160 Å². The highest BCUT2D eigenvalue weighted by atomic mass is 32.2. The first-order valence-corrected chi connectivity index (χ1v) is 10.1. The van der Waals surface area contributed by atoms with E-state index < -0.39 is 34.0 Å². The van der Waals surface area contributed by atoms with E-state index in [1.165, 1.54) is 25.3 Å². The summed E-state index contributed by atoms with van der Waals surface area (Å²) in [5.41, 5.74) is -0.407. The summed E-state index contributed by atoms with van der Waals surface area (Å²) < 4.78 is 37.4. The van der Waals surface area contributed by atoms with Crippen LogP contribution in [0.15, 0.2) is 23.1 Å². The van der Waals surface area contributed by atoms with Crippen LogP contribution in [0.4, 0.5) is 0 Å². The second-order valence-electron chi connectivity index (χ2n) is 7.00. The van der Waals surface area contributed by atoms with Gasteiger partial charge in [0.25, 0.3) is 5.91 Å². The van der Waals surface area contributed by atoms with Gasteiger partial charge in [0.15, 0.2) is 6.61 Å². The van der Waals surface area contributed by atoms with Crippen molar-refractivity contribution in [1.29, 1.82) is 0 Å². The number of carbonyl (C=O) groups is 2. The molecule has 0 radical (unpaired) electrons. The van der Waals surface area contributed by atoms with Crippen LogP contribution in [0.3, 0.4) is 0 Å². The van der Waals surface area contributed by atoms with Crippen LogP contribution >= 0.6 is 0 Å². The van der Waals surface area contributed by atoms with Crippen LogP contribution in [0.5, 0.6) is 5.75 Å². The van der Waals surface area contributed by atoms with E-state index in [0.29, 0.717) is 0 Å². The summed E-state index contributed by atoms with van der Waals surface area (Å²) in [7, 11) is -2.54. The zero-order valence-electron chi connectivity index (χ0n) is 16.6. The van der Waals surface area contributed by atoms with Crippen LogP contribution in [-0.4, -0.2) is 45.6 Å². The monoisotopic (exact) mass is 400 g/mol. The summed E-state index contributed by atoms with van der Waals surface area (Å²) in [4.78, 5) is 23.9. The number of nitrogens with one attached hydrogen (secondary N) is 2. The van der Waals surface area contributed by atoms with Crippen molar-refractivity contribution >= 4 is 21.9 Å². The molecule has 8 nitrogen and oxygen atoms in total. The summed E-state index contributed by atoms with van der Waals surface area (Å²) in [5, 5.41) is 2.75. The van der Waals surface area contributed by atoms with Crippen molar-refractivity contribution in [3.8, 4) is 5.75 Å². The highest BCUT2D eigenvalue weighted by Crippen LogP contribution is 2.25. The van der Waals surface area contributed by atoms with Gasteiger partial charge in [-0.05, 0) is 52.3 Å². The quantitative estimate of drug-likeness (QED) is 0.612. The molecule has 0 atom stereocenters. The zero-order valence-corrected chi connectivity index (χ0v) is 17.4. The molecule has 0 saturated carbocycles. The minimum absolute atomic E-state index is 0.00230. The van der Waals surface area contributed by atoms with Gasteiger partial charge in [-0.2, -0.15) is 0 Å². The van der Waals surface area contributed by atoms with Gasteiger partial charge >= 0.3 is 5.97 Å². The number of benzene rings is 1. The van der Waals surface area contributed by atoms with Crippen molar-refractivity contribution in [1.82, 2.24) is 10.0 Å². The summed E-state index contributed by atoms with van der Waals surface area (Å²) in [6, 6.07) is 3.58. The van der Waals surface area contributed by atoms with Crippen LogP contribution < -0.4 is 14.8 Å². The van der Waals surface area contributed by atoms with Gasteiger partial charge in [0.1, 0.15) is 10.6 Å². The maximum atomic E-state index is 12.4. The van der Waals surface area contributed by atoms with Crippen molar-refractivity contribution in [3.05, 3.63) is 23.8 Å². The maximum absolute atomic E-state index is 12.4. The van der Waals surface area contributed by atoms with E-state index in [9.17, 15) is 18.0 Å². The summed E-state index contributed by atoms with van der Waals surface area (Å²) in [5.74, 6) is -1.14. The highest BCUT2D eigenvalue weighted by molar-refractivity contribution is 7.89. The SMILES string of the molecule is CCC(C)(C)NC(=O)COC(=O)c1ccc(OC)c(S(=O)(=O)NC(C)C)c1. The number of ether oxygens (including phenoxy) is 2. The smallest absolute Gasteiger partial charge is 0.338 e. The molecule has 0 aliphatic rings. The van der Waals surface area contributed by atoms with Crippen molar-refractivity contribution in [2.24, 2.45) is 0 Å². The molecule has 0 spiro atoms. The van der Waals surface area contributed by atoms with Crippen LogP contribution in [0.1, 0.15) is 51.4 Å². The molecule has 0 bridgehead atoms. The molecule has 0 saturated heterocycles. The molecule has 0 aliphatic heterocycles. The molecule has 27 heavy (non-hydrogen) atoms. The van der Waals surface area contributed by atoms with Crippen molar-refractivity contribution < 1.29 is 27.5 Å². The van der Waals surface area contributed by atoms with E-state index in [0.717, 1.165) is 6.42 Å². The molecule has 0 unspecified atom stereocenters. The molecule has 1 aromatic rings. The Hall–Kier alpha value is -2.13. The van der Waals surface area contributed by atoms with Crippen LogP contribution in [0.25, 0.3) is 0 Å². The first-order valence-electron chi connectivity index (χ1n) is 8.60. The third-order valence-corrected chi connectivity index (χ3v) is 5.46. The predicted octanol–water partition coefficient (Wildman–Crippen LogP) is 1.84. The molecule has 0 aromatic heterocycles. The molecule has 2 N–H and O–H groups in total. The van der Waals surface area contributed by atoms with Gasteiger partial charge in [-0.15, -0.1) is 0 Å². The fourth-order valence-electron chi connectivity index (χ4n) is 2.10. The summed E-state index contributed by atoms with van der Waals surface area (Å²) in [6.45, 7) is 8.54. The van der Waals surface area contributed by atoms with Gasteiger partial charge in [-0.1, -0.05) is 6.92 Å². The van der Waals surface area contributed by atoms with Crippen molar-refractivity contribution in [3.63, 3.8) is 0 Å². The Kier molecular flexibility index (Phi) is 7.79. The van der Waals surface area contributed by atoms with Crippen LogP contribution in [-0.2, 0) is 19.6 Å². The number of methoxy groups -OCH3 is 1. The van der Waals surface area contributed by atoms with Gasteiger partial charge in [0.05, 0.1) is 12.7 Å². The van der Waals surface area contributed by atoms with Gasteiger partial charge in [-0.25, -0.2) is 17.9 Å². The molecular formula is C18H28N2O6S. The number of hydrogen-bond donors (Lipinski definition) is 2. The first-order chi connectivity index (χ1) is 12.4. The average Bonchev–Trinajstić information content (AvgIpc) is 2.57. The van der Waals surface area contributed by atoms with Crippen LogP contribution in [0, 0.1) is 0 Å². The minimum Gasteiger partial charge on any atom is -0.495 e. The molecule has 152 valence electrons. The number of hydrogen-bond acceptors (Lipinski definition) is 6. The van der Waals surface area contributed by atoms with E-state index >= 15 is 0 Å². The second-order valence-corrected chi connectivity index (χ2v) is 8.69. The van der Waals surface area contributed by atoms with E-state index in [1.807, 2.05) is 20.8 Å². The summed E-state index contributed by atoms with van der Waals surface area (Å²) >= 11 is 0. The van der Waals surface area contributed by atoms with Gasteiger partial charge in [-0.3, -0.25) is 4.79 Å². The Morgan fingerprint density at radius 2 is 1.85 bits per heavy atom. The lowest BCUT2D eigenvalue weighted by molar-refractivity contribution is -0.125. The Bertz CT molecular complexity index is 787. The van der Waals surface area contributed by atoms with Gasteiger partial charge < -0.3 is 14.8 Å². The molecule has 0 fully saturated rings. The first kappa shape index (κ1) is 22.9. The number of rotatable bonds is 9. The van der Waals surface area contributed by atoms with E-state index in [2.05, 4.69) is 10.0 Å². The number of sulfonamides is 1. The Balaban J connectivity index is 2.96. The molecule has 1 aromatic carbocycles. The number of amides is 1. The standard InChI is InChI=1S/C18H28N2O6S/c1-7-18(4,5)19-16(21)11-26-17(22)13-8-9-14(25-6)15(10-13)27(23,24)20-12(2)3/h8-10,12,20H,7,11H2,1-6H3,(H,19,21). The van der Waals surface area contributed by atoms with Crippen molar-refractivity contribution in [2.45, 2.75) is 57.5 Å². The third-order valence-electron chi connectivity index (χ3n) is 3.78. The minimum atomic E-state index is -3.88. The zero-order chi connectivity index (χ0) is 20.8. The normalized spacial score (nSPS) is 12.0. The molecule has 1 rings (SSSR count). The van der Waals surface area contributed by atoms with Gasteiger partial charge in [0.2, 0.25) is 10.0 Å². The predicted molar refractivity (Wildman–Crippen MR) is 101 cm³/mol. The lowest BCUT2D eigenvalue weighted by atomic mass is 10.0. The largest absolute Gasteiger partial charge is 0.495 e. The Morgan fingerprint density at radius 1 is 1.22 bits per heavy atom. The molecule has 0 aliphatic carbocycles. The summed E-state index contributed by atoms with van der Waals surface area (Å²) in [6.07, 6.45) is 0.717. The van der Waals surface area contributed by atoms with E-state index in [1.54, 1.807) is 13.8 Å². The fraction of sp³-hybridized carbons (Fsp3) is 0.556. The lowest BCUT2D eigenvalue weighted by Crippen LogP contribution is -2.44.